The maximum Gasteiger partial charge on any atom is 0.183 e. The van der Waals surface area contributed by atoms with Crippen molar-refractivity contribution in [2.75, 3.05) is 5.32 Å². The molecule has 1 saturated carbocycles. The van der Waals surface area contributed by atoms with Crippen molar-refractivity contribution in [1.29, 1.82) is 0 Å². The molecule has 0 atom stereocenters. The van der Waals surface area contributed by atoms with Crippen LogP contribution in [0.15, 0.2) is 60.9 Å². The summed E-state index contributed by atoms with van der Waals surface area (Å²) in [5.41, 5.74) is 4.81. The van der Waals surface area contributed by atoms with Crippen LogP contribution in [0.25, 0.3) is 33.3 Å². The van der Waals surface area contributed by atoms with Crippen molar-refractivity contribution in [2.45, 2.75) is 25.8 Å². The Balaban J connectivity index is 1.62. The van der Waals surface area contributed by atoms with Gasteiger partial charge in [0.25, 0.3) is 0 Å². The van der Waals surface area contributed by atoms with E-state index < -0.39 is 0 Å². The lowest BCUT2D eigenvalue weighted by atomic mass is 10.0. The summed E-state index contributed by atoms with van der Waals surface area (Å²) in [6.45, 7) is 2.10. The third-order valence-corrected chi connectivity index (χ3v) is 5.66. The summed E-state index contributed by atoms with van der Waals surface area (Å²) in [6, 6.07) is 16.7. The minimum absolute atomic E-state index is 0.580. The van der Waals surface area contributed by atoms with E-state index in [0.717, 1.165) is 32.7 Å². The van der Waals surface area contributed by atoms with Gasteiger partial charge in [-0.25, -0.2) is 15.0 Å². The predicted molar refractivity (Wildman–Crippen MR) is 113 cm³/mol. The fraction of sp³-hybridized carbons (Fsp3) is 0.182. The van der Waals surface area contributed by atoms with Gasteiger partial charge >= 0.3 is 0 Å². The number of anilines is 1. The highest BCUT2D eigenvalue weighted by Crippen LogP contribution is 2.34. The van der Waals surface area contributed by atoms with Crippen molar-refractivity contribution in [3.63, 3.8) is 0 Å². The number of nitrogens with one attached hydrogen (secondary N) is 1. The monoisotopic (exact) mass is 385 g/mol. The van der Waals surface area contributed by atoms with Crippen molar-refractivity contribution in [1.82, 2.24) is 19.9 Å². The number of thiazole rings is 1. The number of rotatable bonds is 5. The summed E-state index contributed by atoms with van der Waals surface area (Å²) >= 11 is 1.63. The van der Waals surface area contributed by atoms with Crippen LogP contribution in [0.4, 0.5) is 5.13 Å². The molecular weight excluding hydrogens is 366 g/mol. The van der Waals surface area contributed by atoms with E-state index in [2.05, 4.69) is 34.3 Å². The molecule has 0 unspecified atom stereocenters. The molecule has 3 heterocycles. The Morgan fingerprint density at radius 1 is 0.929 bits per heavy atom. The zero-order valence-electron chi connectivity index (χ0n) is 15.5. The van der Waals surface area contributed by atoms with Crippen LogP contribution in [0.5, 0.6) is 0 Å². The second kappa shape index (κ2) is 7.13. The number of aryl methyl sites for hydroxylation is 1. The van der Waals surface area contributed by atoms with E-state index >= 15 is 0 Å². The van der Waals surface area contributed by atoms with E-state index in [4.69, 9.17) is 9.97 Å². The molecule has 4 aromatic rings. The summed E-state index contributed by atoms with van der Waals surface area (Å²) in [5, 5.41) is 4.41. The molecule has 3 aromatic heterocycles. The van der Waals surface area contributed by atoms with Crippen LogP contribution in [0.2, 0.25) is 0 Å². The zero-order chi connectivity index (χ0) is 18.9. The number of benzene rings is 1. The highest BCUT2D eigenvalue weighted by atomic mass is 32.1. The molecule has 138 valence electrons. The quantitative estimate of drug-likeness (QED) is 0.511. The maximum atomic E-state index is 4.82. The Hall–Kier alpha value is -3.12. The molecule has 1 aromatic carbocycles. The molecule has 0 bridgehead atoms. The first-order chi connectivity index (χ1) is 13.8. The first-order valence-corrected chi connectivity index (χ1v) is 10.2. The average Bonchev–Trinajstić information content (AvgIpc) is 3.43. The Kier molecular flexibility index (Phi) is 4.33. The minimum Gasteiger partial charge on any atom is -0.359 e. The standard InChI is InChI=1S/C22H19N5S/c1-14-6-2-3-7-16(14)18-12-19(20-13-24-22(28-20)25-15-9-10-15)27-21(26-18)17-8-4-5-11-23-17/h2-8,11-13,15H,9-10H2,1H3,(H,24,25). The number of pyridine rings is 1. The smallest absolute Gasteiger partial charge is 0.183 e. The van der Waals surface area contributed by atoms with E-state index in [1.54, 1.807) is 17.5 Å². The first-order valence-electron chi connectivity index (χ1n) is 9.35. The van der Waals surface area contributed by atoms with Crippen LogP contribution in [0, 0.1) is 6.92 Å². The summed E-state index contributed by atoms with van der Waals surface area (Å²) in [5.74, 6) is 0.626. The van der Waals surface area contributed by atoms with Crippen LogP contribution in [0.3, 0.4) is 0 Å². The lowest BCUT2D eigenvalue weighted by molar-refractivity contribution is 1.14. The molecule has 5 rings (SSSR count). The fourth-order valence-corrected chi connectivity index (χ4v) is 3.90. The minimum atomic E-state index is 0.580. The Bertz CT molecular complexity index is 1120. The van der Waals surface area contributed by atoms with Gasteiger partial charge in [0, 0.05) is 24.0 Å². The van der Waals surface area contributed by atoms with Gasteiger partial charge in [-0.3, -0.25) is 4.98 Å². The molecule has 1 aliphatic carbocycles. The predicted octanol–water partition coefficient (Wildman–Crippen LogP) is 5.21. The number of aromatic nitrogens is 4. The molecule has 1 N–H and O–H groups in total. The Morgan fingerprint density at radius 2 is 1.75 bits per heavy atom. The van der Waals surface area contributed by atoms with Crippen molar-refractivity contribution >= 4 is 16.5 Å². The van der Waals surface area contributed by atoms with E-state index in [0.29, 0.717) is 11.9 Å². The van der Waals surface area contributed by atoms with Gasteiger partial charge in [0.15, 0.2) is 11.0 Å². The van der Waals surface area contributed by atoms with Gasteiger partial charge in [0.2, 0.25) is 0 Å². The Morgan fingerprint density at radius 3 is 2.54 bits per heavy atom. The average molecular weight is 385 g/mol. The molecule has 1 fully saturated rings. The highest BCUT2D eigenvalue weighted by Gasteiger charge is 2.22. The van der Waals surface area contributed by atoms with E-state index in [-0.39, 0.29) is 0 Å². The van der Waals surface area contributed by atoms with Gasteiger partial charge < -0.3 is 5.32 Å². The van der Waals surface area contributed by atoms with Crippen molar-refractivity contribution in [3.8, 4) is 33.3 Å². The molecule has 0 amide bonds. The van der Waals surface area contributed by atoms with Crippen LogP contribution in [-0.2, 0) is 0 Å². The molecule has 0 spiro atoms. The van der Waals surface area contributed by atoms with Crippen LogP contribution >= 0.6 is 11.3 Å². The van der Waals surface area contributed by atoms with Crippen molar-refractivity contribution in [3.05, 3.63) is 66.5 Å². The SMILES string of the molecule is Cc1ccccc1-c1cc(-c2cnc(NC3CC3)s2)nc(-c2ccccn2)n1. The van der Waals surface area contributed by atoms with Crippen LogP contribution in [-0.4, -0.2) is 26.0 Å². The topological polar surface area (TPSA) is 63.6 Å². The third-order valence-electron chi connectivity index (χ3n) is 4.70. The maximum absolute atomic E-state index is 4.82. The first kappa shape index (κ1) is 17.0. The van der Waals surface area contributed by atoms with E-state index in [1.807, 2.05) is 42.6 Å². The Labute approximate surface area is 167 Å². The van der Waals surface area contributed by atoms with Gasteiger partial charge in [0.1, 0.15) is 5.69 Å². The normalized spacial score (nSPS) is 13.5. The lowest BCUT2D eigenvalue weighted by Gasteiger charge is -2.09. The number of hydrogen-bond donors (Lipinski definition) is 1. The second-order valence-corrected chi connectivity index (χ2v) is 7.97. The van der Waals surface area contributed by atoms with Gasteiger partial charge in [0.05, 0.1) is 16.3 Å². The van der Waals surface area contributed by atoms with Crippen molar-refractivity contribution in [2.24, 2.45) is 0 Å². The molecule has 0 aliphatic heterocycles. The van der Waals surface area contributed by atoms with Crippen LogP contribution < -0.4 is 5.32 Å². The van der Waals surface area contributed by atoms with E-state index in [9.17, 15) is 0 Å². The van der Waals surface area contributed by atoms with Gasteiger partial charge in [-0.1, -0.05) is 41.7 Å². The summed E-state index contributed by atoms with van der Waals surface area (Å²) in [4.78, 5) is 19.6. The molecule has 5 nitrogen and oxygen atoms in total. The fourth-order valence-electron chi connectivity index (χ4n) is 3.04. The molecule has 28 heavy (non-hydrogen) atoms. The largest absolute Gasteiger partial charge is 0.359 e. The summed E-state index contributed by atoms with van der Waals surface area (Å²) in [7, 11) is 0. The zero-order valence-corrected chi connectivity index (χ0v) is 16.3. The van der Waals surface area contributed by atoms with Crippen LogP contribution in [0.1, 0.15) is 18.4 Å². The molecule has 0 radical (unpaired) electrons. The van der Waals surface area contributed by atoms with Gasteiger partial charge in [-0.05, 0) is 43.5 Å². The number of nitrogens with zero attached hydrogens (tertiary/aromatic N) is 4. The molecule has 6 heteroatoms. The third kappa shape index (κ3) is 3.51. The molecule has 0 saturated heterocycles. The second-order valence-electron chi connectivity index (χ2n) is 6.94. The highest BCUT2D eigenvalue weighted by molar-refractivity contribution is 7.18. The summed E-state index contributed by atoms with van der Waals surface area (Å²) < 4.78 is 0. The molecule has 1 aliphatic rings. The number of hydrogen-bond acceptors (Lipinski definition) is 6. The lowest BCUT2D eigenvalue weighted by Crippen LogP contribution is -1.99. The van der Waals surface area contributed by atoms with Crippen molar-refractivity contribution < 1.29 is 0 Å². The molecular formula is C22H19N5S. The van der Waals surface area contributed by atoms with E-state index in [1.165, 1.54) is 18.4 Å². The van der Waals surface area contributed by atoms with Gasteiger partial charge in [-0.15, -0.1) is 0 Å². The van der Waals surface area contributed by atoms with Gasteiger partial charge in [-0.2, -0.15) is 0 Å². The summed E-state index contributed by atoms with van der Waals surface area (Å²) in [6.07, 6.45) is 6.11.